The van der Waals surface area contributed by atoms with Crippen molar-refractivity contribution in [2.75, 3.05) is 27.4 Å². The first-order chi connectivity index (χ1) is 9.99. The average Bonchev–Trinajstić information content (AvgIpc) is 2.45. The van der Waals surface area contributed by atoms with Crippen molar-refractivity contribution >= 4 is 17.5 Å². The van der Waals surface area contributed by atoms with Gasteiger partial charge in [0, 0.05) is 36.9 Å². The Kier molecular flexibility index (Phi) is 7.28. The van der Waals surface area contributed by atoms with Crippen molar-refractivity contribution in [1.82, 2.24) is 5.32 Å². The van der Waals surface area contributed by atoms with Gasteiger partial charge in [-0.1, -0.05) is 11.6 Å². The molecule has 6 nitrogen and oxygen atoms in total. The van der Waals surface area contributed by atoms with Gasteiger partial charge in [-0.25, -0.2) is 0 Å². The van der Waals surface area contributed by atoms with Crippen LogP contribution in [-0.2, 0) is 16.1 Å². The molecule has 1 rings (SSSR count). The zero-order chi connectivity index (χ0) is 15.8. The molecule has 0 aliphatic rings. The van der Waals surface area contributed by atoms with Crippen molar-refractivity contribution in [3.63, 3.8) is 0 Å². The number of ether oxygens (including phenoxy) is 3. The molecule has 0 spiro atoms. The van der Waals surface area contributed by atoms with Gasteiger partial charge in [0.25, 0.3) is 5.91 Å². The first kappa shape index (κ1) is 17.6. The van der Waals surface area contributed by atoms with Crippen molar-refractivity contribution in [2.45, 2.75) is 19.6 Å². The molecule has 0 fully saturated rings. The third kappa shape index (κ3) is 5.41. The Morgan fingerprint density at radius 3 is 2.71 bits per heavy atom. The smallest absolute Gasteiger partial charge is 0.258 e. The lowest BCUT2D eigenvalue weighted by Gasteiger charge is -2.18. The summed E-state index contributed by atoms with van der Waals surface area (Å²) in [5.74, 6) is 0.363. The van der Waals surface area contributed by atoms with E-state index < -0.39 is 12.0 Å². The number of amides is 1. The maximum Gasteiger partial charge on any atom is 0.258 e. The fourth-order valence-electron chi connectivity index (χ4n) is 1.67. The molecule has 1 atom stereocenters. The van der Waals surface area contributed by atoms with Gasteiger partial charge >= 0.3 is 0 Å². The number of methoxy groups -OCH3 is 2. The predicted octanol–water partition coefficient (Wildman–Crippen LogP) is 1.34. The summed E-state index contributed by atoms with van der Waals surface area (Å²) in [5, 5.41) is 3.71. The highest BCUT2D eigenvalue weighted by Crippen LogP contribution is 2.35. The molecular weight excluding hydrogens is 296 g/mol. The normalized spacial score (nSPS) is 12.0. The van der Waals surface area contributed by atoms with Gasteiger partial charge in [0.15, 0.2) is 17.6 Å². The van der Waals surface area contributed by atoms with Crippen molar-refractivity contribution in [2.24, 2.45) is 5.73 Å². The van der Waals surface area contributed by atoms with Gasteiger partial charge in [-0.2, -0.15) is 0 Å². The molecule has 118 valence electrons. The van der Waals surface area contributed by atoms with Crippen molar-refractivity contribution < 1.29 is 19.0 Å². The molecule has 0 bridgehead atoms. The second-order valence-electron chi connectivity index (χ2n) is 4.43. The molecule has 0 saturated heterocycles. The molecular formula is C14H21ClN2O4. The third-order valence-electron chi connectivity index (χ3n) is 2.81. The van der Waals surface area contributed by atoms with Crippen LogP contribution in [0.5, 0.6) is 11.5 Å². The second-order valence-corrected chi connectivity index (χ2v) is 4.86. The van der Waals surface area contributed by atoms with Crippen LogP contribution in [0.4, 0.5) is 0 Å². The van der Waals surface area contributed by atoms with E-state index in [1.807, 2.05) is 0 Å². The molecule has 0 saturated carbocycles. The molecule has 0 heterocycles. The van der Waals surface area contributed by atoms with Crippen LogP contribution in [0.3, 0.4) is 0 Å². The molecule has 1 aromatic rings. The van der Waals surface area contributed by atoms with Gasteiger partial charge in [0.1, 0.15) is 0 Å². The number of hydrogen-bond acceptors (Lipinski definition) is 5. The van der Waals surface area contributed by atoms with Crippen molar-refractivity contribution in [3.05, 3.63) is 22.7 Å². The monoisotopic (exact) mass is 316 g/mol. The van der Waals surface area contributed by atoms with E-state index in [2.05, 4.69) is 5.32 Å². The molecule has 3 N–H and O–H groups in total. The first-order valence-electron chi connectivity index (χ1n) is 6.51. The second kappa shape index (κ2) is 8.71. The average molecular weight is 317 g/mol. The number of carbonyl (C=O) groups is 1. The maximum atomic E-state index is 11.2. The minimum Gasteiger partial charge on any atom is -0.493 e. The molecule has 21 heavy (non-hydrogen) atoms. The van der Waals surface area contributed by atoms with Crippen LogP contribution in [0.1, 0.15) is 12.5 Å². The van der Waals surface area contributed by atoms with Crippen molar-refractivity contribution in [1.29, 1.82) is 0 Å². The van der Waals surface area contributed by atoms with Crippen LogP contribution < -0.4 is 20.5 Å². The molecule has 7 heteroatoms. The molecule has 0 aliphatic heterocycles. The third-order valence-corrected chi connectivity index (χ3v) is 3.03. The molecule has 1 aromatic carbocycles. The number of nitrogens with two attached hydrogens (primary N) is 1. The fourth-order valence-corrected chi connectivity index (χ4v) is 1.90. The van der Waals surface area contributed by atoms with Crippen LogP contribution in [-0.4, -0.2) is 39.4 Å². The van der Waals surface area contributed by atoms with E-state index in [1.165, 1.54) is 7.11 Å². The highest BCUT2D eigenvalue weighted by Gasteiger charge is 2.18. The first-order valence-corrected chi connectivity index (χ1v) is 6.89. The highest BCUT2D eigenvalue weighted by molar-refractivity contribution is 6.30. The molecule has 1 amide bonds. The quantitative estimate of drug-likeness (QED) is 0.672. The van der Waals surface area contributed by atoms with E-state index in [-0.39, 0.29) is 0 Å². The lowest BCUT2D eigenvalue weighted by Crippen LogP contribution is -2.31. The summed E-state index contributed by atoms with van der Waals surface area (Å²) in [5.41, 5.74) is 6.01. The maximum absolute atomic E-state index is 11.2. The van der Waals surface area contributed by atoms with Gasteiger partial charge in [0.05, 0.1) is 13.7 Å². The number of benzene rings is 1. The Hall–Kier alpha value is -1.50. The van der Waals surface area contributed by atoms with E-state index >= 15 is 0 Å². The number of hydrogen-bond donors (Lipinski definition) is 2. The van der Waals surface area contributed by atoms with Crippen LogP contribution in [0.2, 0.25) is 5.02 Å². The lowest BCUT2D eigenvalue weighted by molar-refractivity contribution is -0.124. The van der Waals surface area contributed by atoms with E-state index in [9.17, 15) is 4.79 Å². The molecule has 0 aromatic heterocycles. The van der Waals surface area contributed by atoms with Gasteiger partial charge < -0.3 is 25.3 Å². The van der Waals surface area contributed by atoms with E-state index in [4.69, 9.17) is 31.5 Å². The largest absolute Gasteiger partial charge is 0.493 e. The Bertz CT molecular complexity index is 482. The van der Waals surface area contributed by atoms with E-state index in [0.29, 0.717) is 36.2 Å². The SMILES string of the molecule is COCCNCc1cc(Cl)cc(OC)c1OC(C)C(N)=O. The summed E-state index contributed by atoms with van der Waals surface area (Å²) >= 11 is 6.06. The van der Waals surface area contributed by atoms with Crippen LogP contribution >= 0.6 is 11.6 Å². The zero-order valence-corrected chi connectivity index (χ0v) is 13.2. The van der Waals surface area contributed by atoms with Crippen LogP contribution in [0.15, 0.2) is 12.1 Å². The van der Waals surface area contributed by atoms with Gasteiger partial charge in [-0.3, -0.25) is 4.79 Å². The van der Waals surface area contributed by atoms with E-state index in [1.54, 1.807) is 26.2 Å². The number of halogens is 1. The predicted molar refractivity (Wildman–Crippen MR) is 80.9 cm³/mol. The Balaban J connectivity index is 2.96. The van der Waals surface area contributed by atoms with Gasteiger partial charge in [-0.05, 0) is 13.0 Å². The standard InChI is InChI=1S/C14H21ClN2O4/c1-9(14(16)18)21-13-10(8-17-4-5-19-2)6-11(15)7-12(13)20-3/h6-7,9,17H,4-5,8H2,1-3H3,(H2,16,18). The van der Waals surface area contributed by atoms with Crippen LogP contribution in [0.25, 0.3) is 0 Å². The van der Waals surface area contributed by atoms with Crippen molar-refractivity contribution in [3.8, 4) is 11.5 Å². The fraction of sp³-hybridized carbons (Fsp3) is 0.500. The van der Waals surface area contributed by atoms with Gasteiger partial charge in [-0.15, -0.1) is 0 Å². The highest BCUT2D eigenvalue weighted by atomic mass is 35.5. The number of rotatable bonds is 9. The Labute approximate surface area is 129 Å². The van der Waals surface area contributed by atoms with Crippen LogP contribution in [0, 0.1) is 0 Å². The number of nitrogens with one attached hydrogen (secondary N) is 1. The minimum absolute atomic E-state index is 0.457. The molecule has 1 unspecified atom stereocenters. The minimum atomic E-state index is -0.766. The topological polar surface area (TPSA) is 82.8 Å². The molecule has 0 radical (unpaired) electrons. The summed E-state index contributed by atoms with van der Waals surface area (Å²) < 4.78 is 15.8. The van der Waals surface area contributed by atoms with Gasteiger partial charge in [0.2, 0.25) is 0 Å². The summed E-state index contributed by atoms with van der Waals surface area (Å²) in [7, 11) is 3.14. The summed E-state index contributed by atoms with van der Waals surface area (Å²) in [6.07, 6.45) is -0.766. The zero-order valence-electron chi connectivity index (χ0n) is 12.4. The molecule has 0 aliphatic carbocycles. The number of primary amides is 1. The lowest BCUT2D eigenvalue weighted by atomic mass is 10.1. The number of carbonyl (C=O) groups excluding carboxylic acids is 1. The Morgan fingerprint density at radius 2 is 2.14 bits per heavy atom. The van der Waals surface area contributed by atoms with E-state index in [0.717, 1.165) is 5.56 Å². The Morgan fingerprint density at radius 1 is 1.43 bits per heavy atom. The summed E-state index contributed by atoms with van der Waals surface area (Å²) in [6.45, 7) is 3.35. The summed E-state index contributed by atoms with van der Waals surface area (Å²) in [6, 6.07) is 3.39. The summed E-state index contributed by atoms with van der Waals surface area (Å²) in [4.78, 5) is 11.2.